The number of nitrogens with one attached hydrogen (secondary N) is 3. The monoisotopic (exact) mass is 373 g/mol. The van der Waals surface area contributed by atoms with Crippen LogP contribution in [0.25, 0.3) is 0 Å². The molecule has 0 aromatic heterocycles. The number of hydrogen-bond acceptors (Lipinski definition) is 3. The molecule has 3 amide bonds. The number of carboxylic acids is 1. The summed E-state index contributed by atoms with van der Waals surface area (Å²) in [7, 11) is 0. The van der Waals surface area contributed by atoms with Gasteiger partial charge in [0.2, 0.25) is 0 Å². The number of urea groups is 1. The summed E-state index contributed by atoms with van der Waals surface area (Å²) >= 11 is 0. The molecular weight excluding hydrogens is 346 g/mol. The van der Waals surface area contributed by atoms with E-state index in [1.54, 1.807) is 24.3 Å². The second-order valence-electron chi connectivity index (χ2n) is 7.65. The van der Waals surface area contributed by atoms with Crippen molar-refractivity contribution in [3.05, 3.63) is 29.8 Å². The number of amides is 3. The fraction of sp³-hybridized carbons (Fsp3) is 0.550. The minimum atomic E-state index is -1.21. The summed E-state index contributed by atoms with van der Waals surface area (Å²) in [5.74, 6) is -0.894. The van der Waals surface area contributed by atoms with Crippen molar-refractivity contribution in [2.45, 2.75) is 63.5 Å². The molecule has 4 N–H and O–H groups in total. The lowest BCUT2D eigenvalue weighted by atomic mass is 9.75. The largest absolute Gasteiger partial charge is 0.480 e. The van der Waals surface area contributed by atoms with E-state index in [-0.39, 0.29) is 12.1 Å². The van der Waals surface area contributed by atoms with E-state index in [1.165, 1.54) is 0 Å². The molecule has 0 radical (unpaired) electrons. The third kappa shape index (κ3) is 4.78. The Bertz CT molecular complexity index is 722. The van der Waals surface area contributed by atoms with Gasteiger partial charge in [0.1, 0.15) is 5.54 Å². The number of carbonyl (C=O) groups excluding carboxylic acids is 2. The van der Waals surface area contributed by atoms with Crippen molar-refractivity contribution < 1.29 is 19.5 Å². The second kappa shape index (κ2) is 7.98. The van der Waals surface area contributed by atoms with Crippen LogP contribution in [0.4, 0.5) is 10.5 Å². The van der Waals surface area contributed by atoms with Crippen LogP contribution < -0.4 is 16.0 Å². The summed E-state index contributed by atoms with van der Waals surface area (Å²) in [6, 6.07) is 6.49. The lowest BCUT2D eigenvalue weighted by molar-refractivity contribution is -0.146. The maximum absolute atomic E-state index is 12.7. The molecule has 1 aromatic carbocycles. The van der Waals surface area contributed by atoms with E-state index >= 15 is 0 Å². The van der Waals surface area contributed by atoms with Gasteiger partial charge in [0, 0.05) is 17.3 Å². The maximum Gasteiger partial charge on any atom is 0.329 e. The van der Waals surface area contributed by atoms with E-state index in [1.807, 2.05) is 0 Å². The SMILES string of the molecule is CCC1CCC(NC(=O)c2cccc(NC(=O)NC3CC3)c2)(C(=O)O)CC1. The van der Waals surface area contributed by atoms with Crippen LogP contribution in [-0.2, 0) is 4.79 Å². The Hall–Kier alpha value is -2.57. The minimum absolute atomic E-state index is 0.241. The molecule has 2 aliphatic rings. The van der Waals surface area contributed by atoms with Crippen LogP contribution in [0.1, 0.15) is 62.2 Å². The van der Waals surface area contributed by atoms with Gasteiger partial charge in [-0.3, -0.25) is 4.79 Å². The van der Waals surface area contributed by atoms with Crippen LogP contribution in [-0.4, -0.2) is 34.6 Å². The highest BCUT2D eigenvalue weighted by Gasteiger charge is 2.43. The number of aliphatic carboxylic acids is 1. The molecular formula is C20H27N3O4. The topological polar surface area (TPSA) is 108 Å². The molecule has 7 nitrogen and oxygen atoms in total. The maximum atomic E-state index is 12.7. The molecule has 2 aliphatic carbocycles. The highest BCUT2D eigenvalue weighted by atomic mass is 16.4. The van der Waals surface area contributed by atoms with Crippen LogP contribution in [0.5, 0.6) is 0 Å². The van der Waals surface area contributed by atoms with Gasteiger partial charge in [0.15, 0.2) is 0 Å². The number of rotatable bonds is 6. The van der Waals surface area contributed by atoms with E-state index in [0.717, 1.165) is 32.1 Å². The Morgan fingerprint density at radius 2 is 1.85 bits per heavy atom. The van der Waals surface area contributed by atoms with Gasteiger partial charge < -0.3 is 21.1 Å². The molecule has 27 heavy (non-hydrogen) atoms. The summed E-state index contributed by atoms with van der Waals surface area (Å²) in [5.41, 5.74) is -0.382. The zero-order valence-electron chi connectivity index (χ0n) is 15.6. The lowest BCUT2D eigenvalue weighted by Gasteiger charge is -2.37. The van der Waals surface area contributed by atoms with Gasteiger partial charge in [0.25, 0.3) is 5.91 Å². The number of benzene rings is 1. The van der Waals surface area contributed by atoms with Crippen molar-refractivity contribution in [3.63, 3.8) is 0 Å². The third-order valence-corrected chi connectivity index (χ3v) is 5.59. The molecule has 0 spiro atoms. The molecule has 146 valence electrons. The third-order valence-electron chi connectivity index (χ3n) is 5.59. The van der Waals surface area contributed by atoms with Crippen LogP contribution in [0.15, 0.2) is 24.3 Å². The van der Waals surface area contributed by atoms with E-state index in [2.05, 4.69) is 22.9 Å². The Labute approximate surface area is 158 Å². The number of anilines is 1. The van der Waals surface area contributed by atoms with Crippen LogP contribution in [0.3, 0.4) is 0 Å². The van der Waals surface area contributed by atoms with Crippen LogP contribution in [0.2, 0.25) is 0 Å². The van der Waals surface area contributed by atoms with Gasteiger partial charge in [-0.2, -0.15) is 0 Å². The van der Waals surface area contributed by atoms with E-state index < -0.39 is 17.4 Å². The second-order valence-corrected chi connectivity index (χ2v) is 7.65. The summed E-state index contributed by atoms with van der Waals surface area (Å²) in [6.07, 6.45) is 5.49. The molecule has 1 aromatic rings. The zero-order chi connectivity index (χ0) is 19.4. The molecule has 0 saturated heterocycles. The molecule has 3 rings (SSSR count). The van der Waals surface area contributed by atoms with Gasteiger partial charge in [-0.25, -0.2) is 9.59 Å². The average Bonchev–Trinajstić information content (AvgIpc) is 3.46. The van der Waals surface area contributed by atoms with Crippen molar-refractivity contribution in [2.24, 2.45) is 5.92 Å². The minimum Gasteiger partial charge on any atom is -0.480 e. The van der Waals surface area contributed by atoms with Gasteiger partial charge in [-0.15, -0.1) is 0 Å². The summed E-state index contributed by atoms with van der Waals surface area (Å²) in [4.78, 5) is 36.4. The first-order valence-corrected chi connectivity index (χ1v) is 9.65. The highest BCUT2D eigenvalue weighted by Crippen LogP contribution is 2.34. The molecule has 0 unspecified atom stereocenters. The Balaban J connectivity index is 1.66. The van der Waals surface area contributed by atoms with Crippen molar-refractivity contribution in [3.8, 4) is 0 Å². The fourth-order valence-electron chi connectivity index (χ4n) is 3.58. The normalized spacial score (nSPS) is 24.7. The smallest absolute Gasteiger partial charge is 0.329 e. The first kappa shape index (κ1) is 19.2. The van der Waals surface area contributed by atoms with Crippen LogP contribution >= 0.6 is 0 Å². The van der Waals surface area contributed by atoms with Crippen molar-refractivity contribution in [1.29, 1.82) is 0 Å². The van der Waals surface area contributed by atoms with E-state index in [0.29, 0.717) is 30.0 Å². The van der Waals surface area contributed by atoms with E-state index in [9.17, 15) is 19.5 Å². The zero-order valence-corrected chi connectivity index (χ0v) is 15.6. The number of hydrogen-bond donors (Lipinski definition) is 4. The number of carboxylic acid groups (broad SMARTS) is 1. The van der Waals surface area contributed by atoms with Crippen molar-refractivity contribution >= 4 is 23.6 Å². The first-order valence-electron chi connectivity index (χ1n) is 9.65. The molecule has 0 heterocycles. The lowest BCUT2D eigenvalue weighted by Crippen LogP contribution is -2.56. The Morgan fingerprint density at radius 1 is 1.15 bits per heavy atom. The summed E-state index contributed by atoms with van der Waals surface area (Å²) < 4.78 is 0. The summed E-state index contributed by atoms with van der Waals surface area (Å²) in [6.45, 7) is 2.11. The summed E-state index contributed by atoms with van der Waals surface area (Å²) in [5, 5.41) is 18.0. The van der Waals surface area contributed by atoms with Crippen molar-refractivity contribution in [1.82, 2.24) is 10.6 Å². The highest BCUT2D eigenvalue weighted by molar-refractivity contribution is 5.99. The van der Waals surface area contributed by atoms with Crippen LogP contribution in [0, 0.1) is 5.92 Å². The van der Waals surface area contributed by atoms with Crippen molar-refractivity contribution in [2.75, 3.05) is 5.32 Å². The van der Waals surface area contributed by atoms with E-state index in [4.69, 9.17) is 0 Å². The molecule has 2 fully saturated rings. The standard InChI is InChI=1S/C20H27N3O4/c1-2-13-8-10-20(11-9-13,18(25)26)23-17(24)14-4-3-5-16(12-14)22-19(27)21-15-6-7-15/h3-5,12-13,15H,2,6-11H2,1H3,(H,23,24)(H,25,26)(H2,21,22,27). The van der Waals surface area contributed by atoms with Gasteiger partial charge >= 0.3 is 12.0 Å². The molecule has 0 aliphatic heterocycles. The van der Waals surface area contributed by atoms with Gasteiger partial charge in [-0.05, 0) is 62.6 Å². The Kier molecular flexibility index (Phi) is 5.68. The predicted molar refractivity (Wildman–Crippen MR) is 102 cm³/mol. The predicted octanol–water partition coefficient (Wildman–Crippen LogP) is 3.12. The van der Waals surface area contributed by atoms with Gasteiger partial charge in [-0.1, -0.05) is 19.4 Å². The number of carbonyl (C=O) groups is 3. The molecule has 2 saturated carbocycles. The fourth-order valence-corrected chi connectivity index (χ4v) is 3.58. The van der Waals surface area contributed by atoms with Gasteiger partial charge in [0.05, 0.1) is 0 Å². The quantitative estimate of drug-likeness (QED) is 0.614. The molecule has 0 atom stereocenters. The Morgan fingerprint density at radius 3 is 2.44 bits per heavy atom. The first-order chi connectivity index (χ1) is 12.9. The molecule has 7 heteroatoms. The average molecular weight is 373 g/mol. The molecule has 0 bridgehead atoms.